The minimum atomic E-state index is -4.58. The topological polar surface area (TPSA) is 61.8 Å². The molecular formula is C36H49F3O5. The number of carbonyl (C=O) groups excluding carboxylic acids is 2. The largest absolute Gasteiger partial charge is 0.494 e. The summed E-state index contributed by atoms with van der Waals surface area (Å²) in [5.41, 5.74) is 2.16. The molecule has 0 amide bonds. The molecule has 0 bridgehead atoms. The first-order valence-corrected chi connectivity index (χ1v) is 16.5. The number of hydrogen-bond donors (Lipinski definition) is 0. The van der Waals surface area contributed by atoms with Crippen LogP contribution < -0.4 is 9.47 Å². The highest BCUT2D eigenvalue weighted by Crippen LogP contribution is 2.33. The average molecular weight is 619 g/mol. The van der Waals surface area contributed by atoms with Crippen LogP contribution in [0.25, 0.3) is 0 Å². The second-order valence-electron chi connectivity index (χ2n) is 11.9. The van der Waals surface area contributed by atoms with Crippen molar-refractivity contribution in [2.45, 2.75) is 129 Å². The summed E-state index contributed by atoms with van der Waals surface area (Å²) >= 11 is 0. The molecule has 0 saturated carbocycles. The van der Waals surface area contributed by atoms with Gasteiger partial charge >= 0.3 is 18.1 Å². The third kappa shape index (κ3) is 12.2. The molecule has 1 aliphatic carbocycles. The maximum Gasteiger partial charge on any atom is 0.425 e. The van der Waals surface area contributed by atoms with E-state index in [9.17, 15) is 22.8 Å². The van der Waals surface area contributed by atoms with Crippen LogP contribution in [-0.2, 0) is 22.4 Å². The lowest BCUT2D eigenvalue weighted by atomic mass is 9.84. The number of hydrogen-bond acceptors (Lipinski definition) is 5. The van der Waals surface area contributed by atoms with Gasteiger partial charge in [0.25, 0.3) is 0 Å². The number of fused-ring (bicyclic) bond motifs is 1. The van der Waals surface area contributed by atoms with Gasteiger partial charge in [0, 0.05) is 0 Å². The van der Waals surface area contributed by atoms with Gasteiger partial charge in [-0.1, -0.05) is 84.1 Å². The Morgan fingerprint density at radius 3 is 2.07 bits per heavy atom. The van der Waals surface area contributed by atoms with E-state index in [1.54, 1.807) is 42.5 Å². The van der Waals surface area contributed by atoms with E-state index in [0.717, 1.165) is 36.8 Å². The molecule has 2 unspecified atom stereocenters. The zero-order valence-corrected chi connectivity index (χ0v) is 26.4. The van der Waals surface area contributed by atoms with Crippen molar-refractivity contribution in [2.75, 3.05) is 6.61 Å². The highest BCUT2D eigenvalue weighted by atomic mass is 19.4. The maximum absolute atomic E-state index is 13.5. The van der Waals surface area contributed by atoms with Crippen LogP contribution >= 0.6 is 0 Å². The van der Waals surface area contributed by atoms with Gasteiger partial charge in [0.2, 0.25) is 0 Å². The summed E-state index contributed by atoms with van der Waals surface area (Å²) in [5, 5.41) is 0. The molecule has 2 atom stereocenters. The van der Waals surface area contributed by atoms with E-state index in [1.165, 1.54) is 38.5 Å². The Balaban J connectivity index is 1.44. The molecule has 0 fully saturated rings. The summed E-state index contributed by atoms with van der Waals surface area (Å²) in [6, 6.07) is 12.1. The smallest absolute Gasteiger partial charge is 0.425 e. The second kappa shape index (κ2) is 18.7. The van der Waals surface area contributed by atoms with Crippen LogP contribution in [0.15, 0.2) is 42.5 Å². The Hall–Kier alpha value is -3.03. The van der Waals surface area contributed by atoms with Gasteiger partial charge in [-0.3, -0.25) is 4.79 Å². The van der Waals surface area contributed by atoms with Crippen LogP contribution in [0.5, 0.6) is 11.5 Å². The van der Waals surface area contributed by atoms with E-state index in [-0.39, 0.29) is 6.42 Å². The molecule has 0 aromatic heterocycles. The molecule has 0 saturated heterocycles. The zero-order chi connectivity index (χ0) is 31.8. The van der Waals surface area contributed by atoms with Crippen LogP contribution in [0.4, 0.5) is 13.2 Å². The van der Waals surface area contributed by atoms with E-state index >= 15 is 0 Å². The SMILES string of the molecule is CCCCCCCCCCOc1ccc(C(=O)Oc2ccc3c(c2)CCC(C(=O)OC(CCCCCC)C(F)(F)F)C3)cc1. The van der Waals surface area contributed by atoms with Crippen molar-refractivity contribution in [2.24, 2.45) is 5.92 Å². The number of alkyl halides is 3. The minimum absolute atomic E-state index is 0.206. The molecule has 0 aliphatic heterocycles. The van der Waals surface area contributed by atoms with E-state index in [4.69, 9.17) is 14.2 Å². The highest BCUT2D eigenvalue weighted by Gasteiger charge is 2.43. The van der Waals surface area contributed by atoms with Crippen LogP contribution in [0.3, 0.4) is 0 Å². The molecule has 0 heterocycles. The first-order chi connectivity index (χ1) is 21.2. The van der Waals surface area contributed by atoms with Gasteiger partial charge in [-0.15, -0.1) is 0 Å². The van der Waals surface area contributed by atoms with Crippen molar-refractivity contribution in [1.82, 2.24) is 0 Å². The molecule has 3 rings (SSSR count). The van der Waals surface area contributed by atoms with E-state index in [0.29, 0.717) is 55.8 Å². The Labute approximate surface area is 260 Å². The van der Waals surface area contributed by atoms with Gasteiger partial charge in [-0.05, 0) is 86.1 Å². The number of rotatable bonds is 19. The number of halogens is 3. The number of ether oxygens (including phenoxy) is 3. The van der Waals surface area contributed by atoms with E-state index < -0.39 is 30.1 Å². The maximum atomic E-state index is 13.5. The molecule has 5 nitrogen and oxygen atoms in total. The fraction of sp³-hybridized carbons (Fsp3) is 0.611. The summed E-state index contributed by atoms with van der Waals surface area (Å²) < 4.78 is 56.9. The first-order valence-electron chi connectivity index (χ1n) is 16.5. The van der Waals surface area contributed by atoms with Gasteiger partial charge in [0.1, 0.15) is 11.5 Å². The number of aryl methyl sites for hydroxylation is 1. The molecule has 8 heteroatoms. The first kappa shape index (κ1) is 35.4. The highest BCUT2D eigenvalue weighted by molar-refractivity contribution is 5.91. The number of benzene rings is 2. The van der Waals surface area contributed by atoms with Crippen LogP contribution in [0, 0.1) is 5.92 Å². The van der Waals surface area contributed by atoms with Crippen LogP contribution in [-0.4, -0.2) is 30.8 Å². The van der Waals surface area contributed by atoms with Gasteiger partial charge in [-0.25, -0.2) is 4.79 Å². The number of carbonyl (C=O) groups is 2. The summed E-state index contributed by atoms with van der Waals surface area (Å²) in [5.74, 6) is -0.825. The molecule has 2 aromatic carbocycles. The fourth-order valence-electron chi connectivity index (χ4n) is 5.56. The number of esters is 2. The molecule has 0 radical (unpaired) electrons. The third-order valence-electron chi connectivity index (χ3n) is 8.25. The summed E-state index contributed by atoms with van der Waals surface area (Å²) in [7, 11) is 0. The zero-order valence-electron chi connectivity index (χ0n) is 26.4. The van der Waals surface area contributed by atoms with Crippen molar-refractivity contribution in [3.05, 3.63) is 59.2 Å². The van der Waals surface area contributed by atoms with Crippen molar-refractivity contribution in [3.63, 3.8) is 0 Å². The quantitative estimate of drug-likeness (QED) is 0.0891. The molecular weight excluding hydrogens is 569 g/mol. The van der Waals surface area contributed by atoms with Gasteiger partial charge in [0.05, 0.1) is 18.1 Å². The predicted molar refractivity (Wildman–Crippen MR) is 166 cm³/mol. The Morgan fingerprint density at radius 1 is 0.795 bits per heavy atom. The Bertz CT molecular complexity index is 1150. The summed E-state index contributed by atoms with van der Waals surface area (Å²) in [4.78, 5) is 25.4. The van der Waals surface area contributed by atoms with E-state index in [2.05, 4.69) is 6.92 Å². The monoisotopic (exact) mass is 618 g/mol. The van der Waals surface area contributed by atoms with Crippen LogP contribution in [0.1, 0.15) is 125 Å². The minimum Gasteiger partial charge on any atom is -0.494 e. The summed E-state index contributed by atoms with van der Waals surface area (Å²) in [6.07, 6.45) is 7.03. The molecule has 0 spiro atoms. The Kier molecular flexibility index (Phi) is 15.1. The van der Waals surface area contributed by atoms with Gasteiger partial charge in [0.15, 0.2) is 6.10 Å². The molecule has 0 N–H and O–H groups in total. The van der Waals surface area contributed by atoms with Crippen molar-refractivity contribution in [1.29, 1.82) is 0 Å². The van der Waals surface area contributed by atoms with Crippen LogP contribution in [0.2, 0.25) is 0 Å². The third-order valence-corrected chi connectivity index (χ3v) is 8.25. The standard InChI is InChI=1S/C36H49F3O5/c1-3-5-7-9-10-11-12-14-24-42-31-21-18-27(19-22-31)34(40)43-32-23-20-28-25-30(17-16-29(28)26-32)35(41)44-33(36(37,38)39)15-13-8-6-4-2/h18-23,26,30,33H,3-17,24-25H2,1-2H3. The van der Waals surface area contributed by atoms with Gasteiger partial charge in [-0.2, -0.15) is 13.2 Å². The lowest BCUT2D eigenvalue weighted by Crippen LogP contribution is -2.37. The normalized spacial score (nSPS) is 15.3. The fourth-order valence-corrected chi connectivity index (χ4v) is 5.56. The lowest BCUT2D eigenvalue weighted by molar-refractivity contribution is -0.225. The molecule has 2 aromatic rings. The molecule has 44 heavy (non-hydrogen) atoms. The number of unbranched alkanes of at least 4 members (excludes halogenated alkanes) is 10. The van der Waals surface area contributed by atoms with Gasteiger partial charge < -0.3 is 14.2 Å². The molecule has 244 valence electrons. The average Bonchev–Trinajstić information content (AvgIpc) is 3.01. The van der Waals surface area contributed by atoms with Crippen molar-refractivity contribution in [3.8, 4) is 11.5 Å². The van der Waals surface area contributed by atoms with Crippen molar-refractivity contribution >= 4 is 11.9 Å². The predicted octanol–water partition coefficient (Wildman–Crippen LogP) is 9.97. The van der Waals surface area contributed by atoms with E-state index in [1.807, 2.05) is 6.92 Å². The second-order valence-corrected chi connectivity index (χ2v) is 11.9. The Morgan fingerprint density at radius 2 is 1.41 bits per heavy atom. The summed E-state index contributed by atoms with van der Waals surface area (Å²) in [6.45, 7) is 4.86. The van der Waals surface area contributed by atoms with Crippen molar-refractivity contribution < 1.29 is 37.0 Å². The lowest BCUT2D eigenvalue weighted by Gasteiger charge is -2.27. The molecule has 1 aliphatic rings.